The topological polar surface area (TPSA) is 23.8 Å². The van der Waals surface area contributed by atoms with E-state index in [4.69, 9.17) is 0 Å². The number of likely N-dealkylation sites (N-methyl/N-ethyl adjacent to an activating group) is 1. The zero-order chi connectivity index (χ0) is 14.8. The van der Waals surface area contributed by atoms with Crippen LogP contribution in [0.5, 0.6) is 0 Å². The highest BCUT2D eigenvalue weighted by atomic mass is 15.3. The molecule has 1 aliphatic rings. The molecule has 4 nitrogen and oxygen atoms in total. The van der Waals surface area contributed by atoms with Crippen LogP contribution in [0, 0.1) is 0 Å². The molecule has 2 aromatic rings. The minimum absolute atomic E-state index is 0.575. The number of hydrogen-bond donors (Lipinski definition) is 0. The Balaban J connectivity index is 1.95. The lowest BCUT2D eigenvalue weighted by atomic mass is 9.97. The van der Waals surface area contributed by atoms with Gasteiger partial charge in [-0.25, -0.2) is 4.98 Å². The van der Waals surface area contributed by atoms with E-state index in [1.807, 2.05) is 12.4 Å². The maximum absolute atomic E-state index is 4.44. The molecule has 0 N–H and O–H groups in total. The van der Waals surface area contributed by atoms with Gasteiger partial charge in [-0.2, -0.15) is 0 Å². The summed E-state index contributed by atoms with van der Waals surface area (Å²) in [5.41, 5.74) is 3.90. The van der Waals surface area contributed by atoms with Crippen LogP contribution in [0.1, 0.15) is 38.7 Å². The lowest BCUT2D eigenvalue weighted by Crippen LogP contribution is -2.46. The van der Waals surface area contributed by atoms with E-state index in [9.17, 15) is 0 Å². The number of piperazine rings is 1. The summed E-state index contributed by atoms with van der Waals surface area (Å²) in [6.45, 7) is 12.6. The van der Waals surface area contributed by atoms with Gasteiger partial charge in [0.15, 0.2) is 0 Å². The van der Waals surface area contributed by atoms with Gasteiger partial charge in [-0.1, -0.05) is 20.8 Å². The minimum atomic E-state index is 0.575. The summed E-state index contributed by atoms with van der Waals surface area (Å²) in [7, 11) is 0. The van der Waals surface area contributed by atoms with Crippen LogP contribution < -0.4 is 4.90 Å². The van der Waals surface area contributed by atoms with Crippen molar-refractivity contribution < 1.29 is 0 Å². The number of nitrogens with zero attached hydrogens (tertiary/aromatic N) is 4. The van der Waals surface area contributed by atoms with Crippen molar-refractivity contribution >= 4 is 11.3 Å². The Morgan fingerprint density at radius 3 is 2.62 bits per heavy atom. The average Bonchev–Trinajstić information content (AvgIpc) is 3.00. The lowest BCUT2D eigenvalue weighted by Gasteiger charge is -2.37. The second-order valence-corrected chi connectivity index (χ2v) is 6.04. The number of fused-ring (bicyclic) bond motifs is 1. The van der Waals surface area contributed by atoms with E-state index < -0.39 is 0 Å². The number of rotatable bonds is 4. The van der Waals surface area contributed by atoms with Crippen LogP contribution in [0.25, 0.3) is 5.65 Å². The summed E-state index contributed by atoms with van der Waals surface area (Å²) in [5.74, 6) is 0.575. The van der Waals surface area contributed by atoms with Gasteiger partial charge < -0.3 is 14.2 Å². The summed E-state index contributed by atoms with van der Waals surface area (Å²) in [4.78, 5) is 9.52. The fourth-order valence-electron chi connectivity index (χ4n) is 3.15. The maximum atomic E-state index is 4.44. The van der Waals surface area contributed by atoms with E-state index in [2.05, 4.69) is 52.2 Å². The maximum Gasteiger partial charge on any atom is 0.137 e. The van der Waals surface area contributed by atoms with Crippen molar-refractivity contribution in [2.75, 3.05) is 37.6 Å². The van der Waals surface area contributed by atoms with Gasteiger partial charge in [-0.3, -0.25) is 0 Å². The molecule has 0 amide bonds. The van der Waals surface area contributed by atoms with Crippen molar-refractivity contribution in [3.05, 3.63) is 30.2 Å². The molecule has 0 spiro atoms. The molecule has 0 saturated carbocycles. The van der Waals surface area contributed by atoms with Crippen molar-refractivity contribution in [3.63, 3.8) is 0 Å². The van der Waals surface area contributed by atoms with Crippen molar-refractivity contribution in [2.45, 2.75) is 33.1 Å². The molecule has 3 rings (SSSR count). The van der Waals surface area contributed by atoms with Crippen LogP contribution in [-0.4, -0.2) is 47.0 Å². The highest BCUT2D eigenvalue weighted by molar-refractivity contribution is 5.60. The largest absolute Gasteiger partial charge is 0.368 e. The molecule has 3 heterocycles. The Labute approximate surface area is 127 Å². The summed E-state index contributed by atoms with van der Waals surface area (Å²) in [5, 5.41) is 0. The van der Waals surface area contributed by atoms with E-state index in [1.54, 1.807) is 0 Å². The highest BCUT2D eigenvalue weighted by Gasteiger charge is 2.21. The molecule has 4 heteroatoms. The van der Waals surface area contributed by atoms with Crippen LogP contribution in [0.4, 0.5) is 5.69 Å². The molecular formula is C17H26N4. The van der Waals surface area contributed by atoms with Crippen molar-refractivity contribution in [1.29, 1.82) is 0 Å². The Morgan fingerprint density at radius 2 is 1.95 bits per heavy atom. The van der Waals surface area contributed by atoms with Gasteiger partial charge in [0, 0.05) is 44.8 Å². The molecule has 0 aliphatic carbocycles. The third-order valence-corrected chi connectivity index (χ3v) is 4.84. The zero-order valence-corrected chi connectivity index (χ0v) is 13.4. The molecule has 1 saturated heterocycles. The van der Waals surface area contributed by atoms with Crippen LogP contribution in [0.15, 0.2) is 24.7 Å². The van der Waals surface area contributed by atoms with Gasteiger partial charge in [0.1, 0.15) is 5.65 Å². The molecule has 21 heavy (non-hydrogen) atoms. The first kappa shape index (κ1) is 14.4. The van der Waals surface area contributed by atoms with Gasteiger partial charge in [0.25, 0.3) is 0 Å². The number of hydrogen-bond acceptors (Lipinski definition) is 3. The highest BCUT2D eigenvalue weighted by Crippen LogP contribution is 2.31. The van der Waals surface area contributed by atoms with Gasteiger partial charge in [-0.15, -0.1) is 0 Å². The van der Waals surface area contributed by atoms with Gasteiger partial charge >= 0.3 is 0 Å². The fourth-order valence-corrected chi connectivity index (χ4v) is 3.15. The van der Waals surface area contributed by atoms with E-state index in [0.29, 0.717) is 5.92 Å². The Kier molecular flexibility index (Phi) is 4.15. The van der Waals surface area contributed by atoms with Crippen molar-refractivity contribution in [1.82, 2.24) is 14.3 Å². The fraction of sp³-hybridized carbons (Fsp3) is 0.588. The third-order valence-electron chi connectivity index (χ3n) is 4.84. The molecule has 0 aromatic carbocycles. The van der Waals surface area contributed by atoms with Gasteiger partial charge in [-0.05, 0) is 30.5 Å². The van der Waals surface area contributed by atoms with E-state index in [0.717, 1.165) is 25.3 Å². The Hall–Kier alpha value is -1.55. The third kappa shape index (κ3) is 2.77. The summed E-state index contributed by atoms with van der Waals surface area (Å²) >= 11 is 0. The lowest BCUT2D eigenvalue weighted by molar-refractivity contribution is 0.271. The first-order chi connectivity index (χ1) is 10.2. The summed E-state index contributed by atoms with van der Waals surface area (Å²) in [6, 6.07) is 2.27. The molecule has 1 aliphatic heterocycles. The number of anilines is 1. The van der Waals surface area contributed by atoms with Crippen LogP contribution in [0.2, 0.25) is 0 Å². The number of pyridine rings is 1. The number of imidazole rings is 1. The number of aromatic nitrogens is 2. The molecular weight excluding hydrogens is 260 g/mol. The monoisotopic (exact) mass is 286 g/mol. The molecule has 0 radical (unpaired) electrons. The van der Waals surface area contributed by atoms with Crippen LogP contribution in [-0.2, 0) is 0 Å². The predicted molar refractivity (Wildman–Crippen MR) is 88.2 cm³/mol. The van der Waals surface area contributed by atoms with Gasteiger partial charge in [0.05, 0.1) is 5.69 Å². The first-order valence-electron chi connectivity index (χ1n) is 8.16. The first-order valence-corrected chi connectivity index (χ1v) is 8.16. The smallest absolute Gasteiger partial charge is 0.137 e. The molecule has 0 bridgehead atoms. The normalized spacial score (nSPS) is 18.3. The predicted octanol–water partition coefficient (Wildman–Crippen LogP) is 2.99. The Morgan fingerprint density at radius 1 is 1.19 bits per heavy atom. The standard InChI is InChI=1S/C17H26N4/c1-4-14(3)15-12-17-18-6-7-21(17)13-16(15)20-10-8-19(5-2)9-11-20/h6-7,12-14H,4-5,8-11H2,1-3H3. The average molecular weight is 286 g/mol. The van der Waals surface area contributed by atoms with E-state index >= 15 is 0 Å². The van der Waals surface area contributed by atoms with Crippen LogP contribution >= 0.6 is 0 Å². The summed E-state index contributed by atoms with van der Waals surface area (Å²) < 4.78 is 2.15. The molecule has 1 unspecified atom stereocenters. The molecule has 1 fully saturated rings. The Bertz CT molecular complexity index is 596. The molecule has 114 valence electrons. The quantitative estimate of drug-likeness (QED) is 0.863. The summed E-state index contributed by atoms with van der Waals surface area (Å²) in [6.07, 6.45) is 7.36. The SMILES string of the molecule is CCC(C)c1cc2nccn2cc1N1CCN(CC)CC1. The van der Waals surface area contributed by atoms with Crippen LogP contribution in [0.3, 0.4) is 0 Å². The molecule has 1 atom stereocenters. The minimum Gasteiger partial charge on any atom is -0.368 e. The van der Waals surface area contributed by atoms with Gasteiger partial charge in [0.2, 0.25) is 0 Å². The second kappa shape index (κ2) is 6.06. The van der Waals surface area contributed by atoms with Crippen molar-refractivity contribution in [2.24, 2.45) is 0 Å². The van der Waals surface area contributed by atoms with E-state index in [1.165, 1.54) is 30.8 Å². The van der Waals surface area contributed by atoms with E-state index in [-0.39, 0.29) is 0 Å². The molecule has 2 aromatic heterocycles. The van der Waals surface area contributed by atoms with Crippen molar-refractivity contribution in [3.8, 4) is 0 Å². The second-order valence-electron chi connectivity index (χ2n) is 6.04. The zero-order valence-electron chi connectivity index (χ0n) is 13.4.